The number of ether oxygens (including phenoxy) is 1. The summed E-state index contributed by atoms with van der Waals surface area (Å²) >= 11 is 0. The zero-order valence-corrected chi connectivity index (χ0v) is 16.0. The number of amides is 3. The monoisotopic (exact) mass is 383 g/mol. The van der Waals surface area contributed by atoms with Gasteiger partial charge < -0.3 is 20.7 Å². The van der Waals surface area contributed by atoms with Crippen molar-refractivity contribution < 1.29 is 19.1 Å². The first kappa shape index (κ1) is 21.0. The molecule has 7 nitrogen and oxygen atoms in total. The molecule has 0 bridgehead atoms. The molecule has 2 aromatic carbocycles. The Kier molecular flexibility index (Phi) is 7.56. The quantitative estimate of drug-likeness (QED) is 0.683. The lowest BCUT2D eigenvalue weighted by Gasteiger charge is -2.27. The number of para-hydroxylation sites is 1. The summed E-state index contributed by atoms with van der Waals surface area (Å²) in [5.41, 5.74) is 6.72. The SMILES string of the molecule is CC(C)N(C(=O)COC(=O)[C@H](Cc1ccccc1)NC(N)=O)c1ccccc1. The van der Waals surface area contributed by atoms with Crippen molar-refractivity contribution in [2.24, 2.45) is 5.73 Å². The fourth-order valence-electron chi connectivity index (χ4n) is 2.84. The van der Waals surface area contributed by atoms with E-state index < -0.39 is 24.6 Å². The lowest BCUT2D eigenvalue weighted by Crippen LogP contribution is -2.47. The molecule has 0 aliphatic rings. The summed E-state index contributed by atoms with van der Waals surface area (Å²) in [5.74, 6) is -1.07. The highest BCUT2D eigenvalue weighted by molar-refractivity contribution is 5.96. The second-order valence-electron chi connectivity index (χ2n) is 6.55. The van der Waals surface area contributed by atoms with Crippen molar-refractivity contribution in [2.45, 2.75) is 32.4 Å². The van der Waals surface area contributed by atoms with Gasteiger partial charge in [-0.25, -0.2) is 9.59 Å². The highest BCUT2D eigenvalue weighted by Gasteiger charge is 2.25. The van der Waals surface area contributed by atoms with Gasteiger partial charge in [0.25, 0.3) is 5.91 Å². The average Bonchev–Trinajstić information content (AvgIpc) is 2.67. The Balaban J connectivity index is 2.03. The van der Waals surface area contributed by atoms with Crippen LogP contribution >= 0.6 is 0 Å². The first-order chi connectivity index (χ1) is 13.4. The molecule has 0 fully saturated rings. The predicted octanol–water partition coefficient (Wildman–Crippen LogP) is 2.25. The second-order valence-corrected chi connectivity index (χ2v) is 6.55. The molecule has 7 heteroatoms. The van der Waals surface area contributed by atoms with E-state index in [4.69, 9.17) is 10.5 Å². The van der Waals surface area contributed by atoms with Crippen LogP contribution < -0.4 is 16.0 Å². The van der Waals surface area contributed by atoms with E-state index in [1.54, 1.807) is 4.90 Å². The number of carbonyl (C=O) groups is 3. The normalized spacial score (nSPS) is 11.5. The minimum atomic E-state index is -0.975. The van der Waals surface area contributed by atoms with Crippen LogP contribution in [0.25, 0.3) is 0 Å². The Hall–Kier alpha value is -3.35. The predicted molar refractivity (Wildman–Crippen MR) is 107 cm³/mol. The standard InChI is InChI=1S/C21H25N3O4/c1-15(2)24(17-11-7-4-8-12-17)19(25)14-28-20(26)18(23-21(22)27)13-16-9-5-3-6-10-16/h3-12,15,18H,13-14H2,1-2H3,(H3,22,23,27)/t18-/m0/s1. The molecule has 3 amide bonds. The molecule has 0 heterocycles. The highest BCUT2D eigenvalue weighted by atomic mass is 16.5. The number of benzene rings is 2. The number of carbonyl (C=O) groups excluding carboxylic acids is 3. The molecule has 0 radical (unpaired) electrons. The van der Waals surface area contributed by atoms with Gasteiger partial charge in [-0.05, 0) is 31.5 Å². The van der Waals surface area contributed by atoms with Crippen molar-refractivity contribution in [1.82, 2.24) is 5.32 Å². The molecule has 0 aliphatic heterocycles. The minimum Gasteiger partial charge on any atom is -0.454 e. The third-order valence-electron chi connectivity index (χ3n) is 4.04. The maximum atomic E-state index is 12.6. The molecule has 0 saturated heterocycles. The van der Waals surface area contributed by atoms with Crippen LogP contribution in [0.3, 0.4) is 0 Å². The Morgan fingerprint density at radius 1 is 1.00 bits per heavy atom. The van der Waals surface area contributed by atoms with Crippen LogP contribution in [0.15, 0.2) is 60.7 Å². The van der Waals surface area contributed by atoms with Crippen LogP contribution in [-0.2, 0) is 20.7 Å². The molecule has 0 aliphatic carbocycles. The number of anilines is 1. The van der Waals surface area contributed by atoms with Gasteiger partial charge in [-0.1, -0.05) is 48.5 Å². The van der Waals surface area contributed by atoms with Gasteiger partial charge in [0, 0.05) is 18.2 Å². The molecule has 148 valence electrons. The van der Waals surface area contributed by atoms with Gasteiger partial charge in [0.15, 0.2) is 6.61 Å². The van der Waals surface area contributed by atoms with Crippen LogP contribution in [0.2, 0.25) is 0 Å². The Morgan fingerprint density at radius 3 is 2.11 bits per heavy atom. The Morgan fingerprint density at radius 2 is 1.57 bits per heavy atom. The molecular formula is C21H25N3O4. The number of hydrogen-bond acceptors (Lipinski definition) is 4. The fraction of sp³-hybridized carbons (Fsp3) is 0.286. The van der Waals surface area contributed by atoms with Gasteiger partial charge in [-0.3, -0.25) is 4.79 Å². The molecule has 2 aromatic rings. The number of rotatable bonds is 8. The molecule has 0 unspecified atom stereocenters. The maximum Gasteiger partial charge on any atom is 0.329 e. The molecule has 0 aromatic heterocycles. The number of urea groups is 1. The number of primary amides is 1. The summed E-state index contributed by atoms with van der Waals surface area (Å²) in [6, 6.07) is 16.4. The summed E-state index contributed by atoms with van der Waals surface area (Å²) in [4.78, 5) is 37.9. The van der Waals surface area contributed by atoms with Gasteiger partial charge in [-0.15, -0.1) is 0 Å². The topological polar surface area (TPSA) is 102 Å². The van der Waals surface area contributed by atoms with Gasteiger partial charge >= 0.3 is 12.0 Å². The van der Waals surface area contributed by atoms with E-state index in [1.807, 2.05) is 74.5 Å². The molecular weight excluding hydrogens is 358 g/mol. The summed E-state index contributed by atoms with van der Waals surface area (Å²) in [7, 11) is 0. The Bertz CT molecular complexity index is 794. The van der Waals surface area contributed by atoms with Crippen molar-refractivity contribution in [3.05, 3.63) is 66.2 Å². The number of nitrogens with zero attached hydrogens (tertiary/aromatic N) is 1. The van der Waals surface area contributed by atoms with Crippen molar-refractivity contribution in [3.8, 4) is 0 Å². The fourth-order valence-corrected chi connectivity index (χ4v) is 2.84. The maximum absolute atomic E-state index is 12.6. The average molecular weight is 383 g/mol. The third kappa shape index (κ3) is 6.12. The summed E-state index contributed by atoms with van der Waals surface area (Å²) in [5, 5.41) is 2.37. The van der Waals surface area contributed by atoms with Crippen LogP contribution in [0, 0.1) is 0 Å². The summed E-state index contributed by atoms with van der Waals surface area (Å²) in [6.07, 6.45) is 0.212. The van der Waals surface area contributed by atoms with Crippen LogP contribution in [-0.4, -0.2) is 36.6 Å². The van der Waals surface area contributed by atoms with Gasteiger partial charge in [0.2, 0.25) is 0 Å². The molecule has 1 atom stereocenters. The van der Waals surface area contributed by atoms with Gasteiger partial charge in [-0.2, -0.15) is 0 Å². The summed E-state index contributed by atoms with van der Waals surface area (Å²) < 4.78 is 5.19. The summed E-state index contributed by atoms with van der Waals surface area (Å²) in [6.45, 7) is 3.32. The van der Waals surface area contributed by atoms with Crippen LogP contribution in [0.5, 0.6) is 0 Å². The van der Waals surface area contributed by atoms with Crippen LogP contribution in [0.1, 0.15) is 19.4 Å². The molecule has 0 saturated carbocycles. The second kappa shape index (κ2) is 10.1. The van der Waals surface area contributed by atoms with Crippen LogP contribution in [0.4, 0.5) is 10.5 Å². The molecule has 2 rings (SSSR count). The van der Waals surface area contributed by atoms with E-state index in [0.717, 1.165) is 11.3 Å². The first-order valence-electron chi connectivity index (χ1n) is 9.02. The lowest BCUT2D eigenvalue weighted by atomic mass is 10.1. The third-order valence-corrected chi connectivity index (χ3v) is 4.04. The van der Waals surface area contributed by atoms with Crippen molar-refractivity contribution in [1.29, 1.82) is 0 Å². The smallest absolute Gasteiger partial charge is 0.329 e. The number of esters is 1. The highest BCUT2D eigenvalue weighted by Crippen LogP contribution is 2.17. The van der Waals surface area contributed by atoms with E-state index in [-0.39, 0.29) is 18.4 Å². The minimum absolute atomic E-state index is 0.113. The van der Waals surface area contributed by atoms with Crippen molar-refractivity contribution in [3.63, 3.8) is 0 Å². The van der Waals surface area contributed by atoms with Crippen molar-refractivity contribution >= 4 is 23.6 Å². The number of nitrogens with two attached hydrogens (primary N) is 1. The van der Waals surface area contributed by atoms with E-state index >= 15 is 0 Å². The van der Waals surface area contributed by atoms with E-state index in [1.165, 1.54) is 0 Å². The van der Waals surface area contributed by atoms with Gasteiger partial charge in [0.1, 0.15) is 6.04 Å². The lowest BCUT2D eigenvalue weighted by molar-refractivity contribution is -0.149. The zero-order chi connectivity index (χ0) is 20.5. The van der Waals surface area contributed by atoms with Crippen molar-refractivity contribution in [2.75, 3.05) is 11.5 Å². The molecule has 3 N–H and O–H groups in total. The van der Waals surface area contributed by atoms with E-state index in [9.17, 15) is 14.4 Å². The number of hydrogen-bond donors (Lipinski definition) is 2. The largest absolute Gasteiger partial charge is 0.454 e. The zero-order valence-electron chi connectivity index (χ0n) is 16.0. The van der Waals surface area contributed by atoms with Gasteiger partial charge in [0.05, 0.1) is 0 Å². The Labute approximate surface area is 164 Å². The first-order valence-corrected chi connectivity index (χ1v) is 9.02. The molecule has 0 spiro atoms. The van der Waals surface area contributed by atoms with E-state index in [0.29, 0.717) is 0 Å². The molecule has 28 heavy (non-hydrogen) atoms. The van der Waals surface area contributed by atoms with E-state index in [2.05, 4.69) is 5.32 Å². The number of nitrogens with one attached hydrogen (secondary N) is 1.